The molecule has 7 nitrogen and oxygen atoms in total. The molecule has 2 heterocycles. The van der Waals surface area contributed by atoms with Crippen LogP contribution < -0.4 is 20.1 Å². The zero-order valence-electron chi connectivity index (χ0n) is 11.8. The highest BCUT2D eigenvalue weighted by Gasteiger charge is 2.16. The van der Waals surface area contributed by atoms with Gasteiger partial charge >= 0.3 is 11.8 Å². The van der Waals surface area contributed by atoms with Crippen molar-refractivity contribution in [2.75, 3.05) is 12.1 Å². The van der Waals surface area contributed by atoms with Crippen LogP contribution in [0.3, 0.4) is 0 Å². The average Bonchev–Trinajstić information content (AvgIpc) is 3.02. The number of fused-ring (bicyclic) bond motifs is 1. The molecule has 23 heavy (non-hydrogen) atoms. The molecule has 2 amide bonds. The van der Waals surface area contributed by atoms with Crippen LogP contribution in [-0.2, 0) is 16.1 Å². The summed E-state index contributed by atoms with van der Waals surface area (Å²) in [5.41, 5.74) is 0.792. The minimum Gasteiger partial charge on any atom is -0.454 e. The van der Waals surface area contributed by atoms with Gasteiger partial charge in [0.1, 0.15) is 5.82 Å². The Labute approximate surface area is 136 Å². The third kappa shape index (κ3) is 3.70. The maximum absolute atomic E-state index is 11.8. The highest BCUT2D eigenvalue weighted by atomic mass is 35.5. The van der Waals surface area contributed by atoms with E-state index in [2.05, 4.69) is 15.6 Å². The first-order chi connectivity index (χ1) is 11.1. The standard InChI is InChI=1S/C15H12ClN3O4/c16-10-2-4-13(17-7-10)19-15(21)14(20)18-6-9-1-3-11-12(5-9)23-8-22-11/h1-5,7H,6,8H2,(H,18,20)(H,17,19,21). The van der Waals surface area contributed by atoms with E-state index in [1.54, 1.807) is 24.3 Å². The molecule has 3 rings (SSSR count). The maximum atomic E-state index is 11.8. The van der Waals surface area contributed by atoms with Crippen LogP contribution in [-0.4, -0.2) is 23.6 Å². The van der Waals surface area contributed by atoms with Gasteiger partial charge in [0.15, 0.2) is 11.5 Å². The van der Waals surface area contributed by atoms with Gasteiger partial charge in [-0.25, -0.2) is 4.98 Å². The number of nitrogens with zero attached hydrogens (tertiary/aromatic N) is 1. The van der Waals surface area contributed by atoms with Crippen molar-refractivity contribution in [3.05, 3.63) is 47.1 Å². The van der Waals surface area contributed by atoms with E-state index in [-0.39, 0.29) is 19.2 Å². The fourth-order valence-corrected chi connectivity index (χ4v) is 2.05. The fourth-order valence-electron chi connectivity index (χ4n) is 1.94. The number of hydrogen-bond donors (Lipinski definition) is 2. The van der Waals surface area contributed by atoms with Crippen molar-refractivity contribution in [3.63, 3.8) is 0 Å². The van der Waals surface area contributed by atoms with E-state index in [0.29, 0.717) is 16.5 Å². The molecule has 1 aliphatic heterocycles. The van der Waals surface area contributed by atoms with Gasteiger partial charge in [0, 0.05) is 12.7 Å². The van der Waals surface area contributed by atoms with Crippen LogP contribution in [0.15, 0.2) is 36.5 Å². The minimum atomic E-state index is -0.805. The lowest BCUT2D eigenvalue weighted by Gasteiger charge is -2.07. The molecule has 0 radical (unpaired) electrons. The number of rotatable bonds is 3. The molecule has 0 saturated carbocycles. The summed E-state index contributed by atoms with van der Waals surface area (Å²) in [6, 6.07) is 8.36. The summed E-state index contributed by atoms with van der Waals surface area (Å²) in [5, 5.41) is 5.34. The fraction of sp³-hybridized carbons (Fsp3) is 0.133. The van der Waals surface area contributed by atoms with Crippen LogP contribution in [0.5, 0.6) is 11.5 Å². The molecule has 2 aromatic rings. The summed E-state index contributed by atoms with van der Waals surface area (Å²) in [7, 11) is 0. The Hall–Kier alpha value is -2.80. The Bertz CT molecular complexity index is 749. The molecular formula is C15H12ClN3O4. The molecule has 118 valence electrons. The first kappa shape index (κ1) is 15.1. The number of amides is 2. The van der Waals surface area contributed by atoms with Gasteiger partial charge in [-0.1, -0.05) is 17.7 Å². The third-order valence-electron chi connectivity index (χ3n) is 3.07. The molecule has 0 aliphatic carbocycles. The van der Waals surface area contributed by atoms with Gasteiger partial charge in [0.25, 0.3) is 0 Å². The van der Waals surface area contributed by atoms with Crippen LogP contribution in [0, 0.1) is 0 Å². The Morgan fingerprint density at radius 2 is 1.96 bits per heavy atom. The smallest absolute Gasteiger partial charge is 0.314 e. The molecule has 1 aromatic heterocycles. The zero-order chi connectivity index (χ0) is 16.2. The lowest BCUT2D eigenvalue weighted by molar-refractivity contribution is -0.136. The number of anilines is 1. The SMILES string of the molecule is O=C(NCc1ccc2c(c1)OCO2)C(=O)Nc1ccc(Cl)cn1. The van der Waals surface area contributed by atoms with Crippen molar-refractivity contribution in [1.82, 2.24) is 10.3 Å². The van der Waals surface area contributed by atoms with Crippen LogP contribution in [0.25, 0.3) is 0 Å². The van der Waals surface area contributed by atoms with E-state index in [0.717, 1.165) is 5.56 Å². The summed E-state index contributed by atoms with van der Waals surface area (Å²) >= 11 is 5.69. The quantitative estimate of drug-likeness (QED) is 0.835. The van der Waals surface area contributed by atoms with Crippen LogP contribution in [0.2, 0.25) is 5.02 Å². The van der Waals surface area contributed by atoms with Crippen LogP contribution in [0.1, 0.15) is 5.56 Å². The van der Waals surface area contributed by atoms with Crippen molar-refractivity contribution in [1.29, 1.82) is 0 Å². The third-order valence-corrected chi connectivity index (χ3v) is 3.29. The predicted octanol–water partition coefficient (Wildman–Crippen LogP) is 1.72. The van der Waals surface area contributed by atoms with E-state index in [1.165, 1.54) is 12.3 Å². The van der Waals surface area contributed by atoms with Gasteiger partial charge in [-0.3, -0.25) is 9.59 Å². The molecule has 0 saturated heterocycles. The number of halogens is 1. The topological polar surface area (TPSA) is 89.5 Å². The van der Waals surface area contributed by atoms with Crippen molar-refractivity contribution >= 4 is 29.2 Å². The van der Waals surface area contributed by atoms with E-state index < -0.39 is 11.8 Å². The molecule has 2 N–H and O–H groups in total. The molecule has 8 heteroatoms. The lowest BCUT2D eigenvalue weighted by atomic mass is 10.2. The van der Waals surface area contributed by atoms with Gasteiger partial charge in [-0.05, 0) is 29.8 Å². The second-order valence-corrected chi connectivity index (χ2v) is 5.12. The molecule has 0 bridgehead atoms. The van der Waals surface area contributed by atoms with Crippen LogP contribution in [0.4, 0.5) is 5.82 Å². The summed E-state index contributed by atoms with van der Waals surface area (Å²) in [4.78, 5) is 27.4. The number of aromatic nitrogens is 1. The van der Waals surface area contributed by atoms with E-state index in [9.17, 15) is 9.59 Å². The monoisotopic (exact) mass is 333 g/mol. The van der Waals surface area contributed by atoms with Gasteiger partial charge in [0.2, 0.25) is 6.79 Å². The Morgan fingerprint density at radius 3 is 2.74 bits per heavy atom. The second-order valence-electron chi connectivity index (χ2n) is 4.69. The Morgan fingerprint density at radius 1 is 1.13 bits per heavy atom. The highest BCUT2D eigenvalue weighted by molar-refractivity contribution is 6.39. The average molecular weight is 334 g/mol. The van der Waals surface area contributed by atoms with Crippen molar-refractivity contribution in [3.8, 4) is 11.5 Å². The second kappa shape index (κ2) is 6.53. The van der Waals surface area contributed by atoms with Crippen molar-refractivity contribution in [2.45, 2.75) is 6.54 Å². The lowest BCUT2D eigenvalue weighted by Crippen LogP contribution is -2.35. The van der Waals surface area contributed by atoms with Gasteiger partial charge in [-0.15, -0.1) is 0 Å². The minimum absolute atomic E-state index is 0.182. The van der Waals surface area contributed by atoms with E-state index in [1.807, 2.05) is 0 Å². The van der Waals surface area contributed by atoms with E-state index >= 15 is 0 Å². The molecular weight excluding hydrogens is 322 g/mol. The highest BCUT2D eigenvalue weighted by Crippen LogP contribution is 2.32. The molecule has 1 aliphatic rings. The molecule has 0 unspecified atom stereocenters. The zero-order valence-corrected chi connectivity index (χ0v) is 12.6. The molecule has 0 fully saturated rings. The van der Waals surface area contributed by atoms with Gasteiger partial charge in [-0.2, -0.15) is 0 Å². The number of carbonyl (C=O) groups is 2. The molecule has 1 aromatic carbocycles. The van der Waals surface area contributed by atoms with Gasteiger partial charge in [0.05, 0.1) is 5.02 Å². The van der Waals surface area contributed by atoms with Crippen molar-refractivity contribution in [2.24, 2.45) is 0 Å². The number of carbonyl (C=O) groups excluding carboxylic acids is 2. The normalized spacial score (nSPS) is 11.9. The molecule has 0 spiro atoms. The number of benzene rings is 1. The first-order valence-electron chi connectivity index (χ1n) is 6.71. The molecule has 0 atom stereocenters. The first-order valence-corrected chi connectivity index (χ1v) is 7.09. The maximum Gasteiger partial charge on any atom is 0.314 e. The number of ether oxygens (including phenoxy) is 2. The van der Waals surface area contributed by atoms with Crippen LogP contribution >= 0.6 is 11.6 Å². The number of nitrogens with one attached hydrogen (secondary N) is 2. The Balaban J connectivity index is 1.54. The summed E-state index contributed by atoms with van der Waals surface area (Å²) in [5.74, 6) is -0.0455. The summed E-state index contributed by atoms with van der Waals surface area (Å²) in [6.45, 7) is 0.374. The summed E-state index contributed by atoms with van der Waals surface area (Å²) in [6.07, 6.45) is 1.38. The largest absolute Gasteiger partial charge is 0.454 e. The number of hydrogen-bond acceptors (Lipinski definition) is 5. The summed E-state index contributed by atoms with van der Waals surface area (Å²) < 4.78 is 10.5. The van der Waals surface area contributed by atoms with Gasteiger partial charge < -0.3 is 20.1 Å². The Kier molecular flexibility index (Phi) is 4.29. The number of pyridine rings is 1. The van der Waals surface area contributed by atoms with Crippen molar-refractivity contribution < 1.29 is 19.1 Å². The van der Waals surface area contributed by atoms with E-state index in [4.69, 9.17) is 21.1 Å². The predicted molar refractivity (Wildman–Crippen MR) is 82.3 cm³/mol.